The van der Waals surface area contributed by atoms with E-state index in [4.69, 9.17) is 5.11 Å². The highest BCUT2D eigenvalue weighted by molar-refractivity contribution is 5.90. The summed E-state index contributed by atoms with van der Waals surface area (Å²) in [4.78, 5) is 27.7. The number of para-hydroxylation sites is 1. The van der Waals surface area contributed by atoms with E-state index >= 15 is 0 Å². The van der Waals surface area contributed by atoms with Crippen molar-refractivity contribution in [2.24, 2.45) is 5.92 Å². The van der Waals surface area contributed by atoms with E-state index < -0.39 is 5.97 Å². The monoisotopic (exact) mass is 388 g/mol. The third kappa shape index (κ3) is 6.21. The standard InChI is InChI=1S/C21H32N4O3/c1-24(2)10-9-16-5-3-4-6-19(16)23-21(28)22-17-11-18(12-17)25(14-20(26)27)13-15-7-8-15/h3-6,15,17-18H,7-14H2,1-2H3,(H,26,27)(H2,22,23,28). The normalized spacial score (nSPS) is 21.4. The summed E-state index contributed by atoms with van der Waals surface area (Å²) in [5.41, 5.74) is 1.97. The maximum Gasteiger partial charge on any atom is 0.319 e. The molecule has 2 saturated carbocycles. The van der Waals surface area contributed by atoms with Gasteiger partial charge in [-0.2, -0.15) is 0 Å². The molecular weight excluding hydrogens is 356 g/mol. The number of hydrogen-bond donors (Lipinski definition) is 3. The fourth-order valence-corrected chi connectivity index (χ4v) is 3.70. The molecule has 1 aromatic rings. The first-order valence-corrected chi connectivity index (χ1v) is 10.2. The van der Waals surface area contributed by atoms with E-state index in [9.17, 15) is 9.59 Å². The number of carboxylic acids is 1. The Labute approximate surface area is 167 Å². The van der Waals surface area contributed by atoms with E-state index in [1.807, 2.05) is 38.4 Å². The van der Waals surface area contributed by atoms with Gasteiger partial charge in [0.2, 0.25) is 0 Å². The van der Waals surface area contributed by atoms with E-state index in [1.54, 1.807) is 0 Å². The van der Waals surface area contributed by atoms with Crippen LogP contribution < -0.4 is 10.6 Å². The van der Waals surface area contributed by atoms with Crippen LogP contribution in [-0.2, 0) is 11.2 Å². The molecule has 7 heteroatoms. The van der Waals surface area contributed by atoms with Crippen LogP contribution in [0, 0.1) is 5.92 Å². The van der Waals surface area contributed by atoms with Gasteiger partial charge in [-0.05, 0) is 63.7 Å². The Morgan fingerprint density at radius 1 is 1.18 bits per heavy atom. The fraction of sp³-hybridized carbons (Fsp3) is 0.619. The minimum Gasteiger partial charge on any atom is -0.480 e. The third-order valence-electron chi connectivity index (χ3n) is 5.59. The minimum atomic E-state index is -0.774. The molecule has 28 heavy (non-hydrogen) atoms. The van der Waals surface area contributed by atoms with Crippen molar-refractivity contribution < 1.29 is 14.7 Å². The number of rotatable bonds is 10. The van der Waals surface area contributed by atoms with Crippen molar-refractivity contribution in [3.63, 3.8) is 0 Å². The number of anilines is 1. The highest BCUT2D eigenvalue weighted by Crippen LogP contribution is 2.33. The van der Waals surface area contributed by atoms with Gasteiger partial charge in [-0.15, -0.1) is 0 Å². The largest absolute Gasteiger partial charge is 0.480 e. The van der Waals surface area contributed by atoms with E-state index in [2.05, 4.69) is 20.4 Å². The topological polar surface area (TPSA) is 84.9 Å². The summed E-state index contributed by atoms with van der Waals surface area (Å²) < 4.78 is 0. The van der Waals surface area contributed by atoms with Crippen LogP contribution in [0.5, 0.6) is 0 Å². The van der Waals surface area contributed by atoms with E-state index in [0.717, 1.165) is 43.6 Å². The number of urea groups is 1. The van der Waals surface area contributed by atoms with E-state index in [0.29, 0.717) is 5.92 Å². The van der Waals surface area contributed by atoms with Gasteiger partial charge in [0.05, 0.1) is 6.54 Å². The van der Waals surface area contributed by atoms with Crippen LogP contribution >= 0.6 is 0 Å². The average Bonchev–Trinajstić information content (AvgIpc) is 3.40. The molecule has 154 valence electrons. The van der Waals surface area contributed by atoms with Gasteiger partial charge in [-0.1, -0.05) is 18.2 Å². The summed E-state index contributed by atoms with van der Waals surface area (Å²) in [6, 6.07) is 8.06. The van der Waals surface area contributed by atoms with Crippen LogP contribution in [0.4, 0.5) is 10.5 Å². The van der Waals surface area contributed by atoms with Gasteiger partial charge >= 0.3 is 12.0 Å². The zero-order chi connectivity index (χ0) is 20.1. The lowest BCUT2D eigenvalue weighted by Crippen LogP contribution is -2.55. The smallest absolute Gasteiger partial charge is 0.319 e. The molecule has 0 saturated heterocycles. The van der Waals surface area contributed by atoms with Crippen molar-refractivity contribution in [2.45, 2.75) is 44.2 Å². The van der Waals surface area contributed by atoms with E-state index in [-0.39, 0.29) is 24.7 Å². The molecule has 0 heterocycles. The predicted octanol–water partition coefficient (Wildman–Crippen LogP) is 2.24. The number of aliphatic carboxylic acids is 1. The maximum atomic E-state index is 12.4. The summed E-state index contributed by atoms with van der Waals surface area (Å²) in [6.45, 7) is 1.89. The highest BCUT2D eigenvalue weighted by Gasteiger charge is 2.37. The second-order valence-corrected chi connectivity index (χ2v) is 8.40. The fourth-order valence-electron chi connectivity index (χ4n) is 3.70. The summed E-state index contributed by atoms with van der Waals surface area (Å²) in [6.07, 6.45) is 4.92. The first-order chi connectivity index (χ1) is 13.4. The second kappa shape index (κ2) is 9.39. The molecule has 2 amide bonds. The number of benzene rings is 1. The number of hydrogen-bond acceptors (Lipinski definition) is 4. The zero-order valence-electron chi connectivity index (χ0n) is 16.9. The number of nitrogens with zero attached hydrogens (tertiary/aromatic N) is 2. The maximum absolute atomic E-state index is 12.4. The Bertz CT molecular complexity index is 684. The molecule has 1 aromatic carbocycles. The lowest BCUT2D eigenvalue weighted by molar-refractivity contribution is -0.139. The van der Waals surface area contributed by atoms with Crippen molar-refractivity contribution in [2.75, 3.05) is 39.0 Å². The van der Waals surface area contributed by atoms with Crippen molar-refractivity contribution in [1.82, 2.24) is 15.1 Å². The molecule has 2 fully saturated rings. The lowest BCUT2D eigenvalue weighted by atomic mass is 9.85. The number of carbonyl (C=O) groups is 2. The molecule has 7 nitrogen and oxygen atoms in total. The Morgan fingerprint density at radius 2 is 1.89 bits per heavy atom. The highest BCUT2D eigenvalue weighted by atomic mass is 16.4. The van der Waals surface area contributed by atoms with Crippen LogP contribution in [0.25, 0.3) is 0 Å². The summed E-state index contributed by atoms with van der Waals surface area (Å²) in [7, 11) is 4.07. The minimum absolute atomic E-state index is 0.0966. The molecule has 3 rings (SSSR count). The molecular formula is C21H32N4O3. The number of carbonyl (C=O) groups excluding carboxylic acids is 1. The summed E-state index contributed by atoms with van der Waals surface area (Å²) in [5.74, 6) is -0.113. The number of nitrogens with one attached hydrogen (secondary N) is 2. The van der Waals surface area contributed by atoms with Gasteiger partial charge in [-0.25, -0.2) is 4.79 Å². The molecule has 2 aliphatic carbocycles. The Hall–Kier alpha value is -2.12. The number of carboxylic acid groups (broad SMARTS) is 1. The van der Waals surface area contributed by atoms with Gasteiger partial charge in [0, 0.05) is 30.9 Å². The van der Waals surface area contributed by atoms with Gasteiger partial charge in [0.1, 0.15) is 0 Å². The molecule has 0 bridgehead atoms. The molecule has 0 aromatic heterocycles. The van der Waals surface area contributed by atoms with Crippen LogP contribution in [0.1, 0.15) is 31.2 Å². The lowest BCUT2D eigenvalue weighted by Gasteiger charge is -2.42. The molecule has 2 aliphatic rings. The Morgan fingerprint density at radius 3 is 2.54 bits per heavy atom. The number of amides is 2. The van der Waals surface area contributed by atoms with Gasteiger partial charge < -0.3 is 20.6 Å². The third-order valence-corrected chi connectivity index (χ3v) is 5.59. The van der Waals surface area contributed by atoms with Gasteiger partial charge in [-0.3, -0.25) is 9.69 Å². The van der Waals surface area contributed by atoms with Crippen molar-refractivity contribution >= 4 is 17.7 Å². The van der Waals surface area contributed by atoms with Crippen LogP contribution in [0.2, 0.25) is 0 Å². The first-order valence-electron chi connectivity index (χ1n) is 10.2. The molecule has 0 aliphatic heterocycles. The van der Waals surface area contributed by atoms with E-state index in [1.165, 1.54) is 12.8 Å². The summed E-state index contributed by atoms with van der Waals surface area (Å²) in [5, 5.41) is 15.1. The quantitative estimate of drug-likeness (QED) is 0.572. The summed E-state index contributed by atoms with van der Waals surface area (Å²) >= 11 is 0. The van der Waals surface area contributed by atoms with Gasteiger partial charge in [0.25, 0.3) is 0 Å². The molecule has 3 N–H and O–H groups in total. The van der Waals surface area contributed by atoms with Crippen molar-refractivity contribution in [3.05, 3.63) is 29.8 Å². The predicted molar refractivity (Wildman–Crippen MR) is 110 cm³/mol. The average molecular weight is 389 g/mol. The van der Waals surface area contributed by atoms with Crippen LogP contribution in [0.3, 0.4) is 0 Å². The second-order valence-electron chi connectivity index (χ2n) is 8.40. The van der Waals surface area contributed by atoms with Crippen molar-refractivity contribution in [3.8, 4) is 0 Å². The van der Waals surface area contributed by atoms with Crippen LogP contribution in [0.15, 0.2) is 24.3 Å². The van der Waals surface area contributed by atoms with Gasteiger partial charge in [0.15, 0.2) is 0 Å². The molecule has 0 radical (unpaired) electrons. The molecule has 0 unspecified atom stereocenters. The number of likely N-dealkylation sites (N-methyl/N-ethyl adjacent to an activating group) is 1. The van der Waals surface area contributed by atoms with Crippen LogP contribution in [-0.4, -0.2) is 72.7 Å². The first kappa shape index (κ1) is 20.6. The zero-order valence-corrected chi connectivity index (χ0v) is 16.9. The SMILES string of the molecule is CN(C)CCc1ccccc1NC(=O)NC1CC(N(CC(=O)O)CC2CC2)C1. The Balaban J connectivity index is 1.45. The molecule has 0 spiro atoms. The molecule has 0 atom stereocenters. The Kier molecular flexibility index (Phi) is 6.91. The van der Waals surface area contributed by atoms with Crippen molar-refractivity contribution in [1.29, 1.82) is 0 Å².